The summed E-state index contributed by atoms with van der Waals surface area (Å²) in [4.78, 5) is 21.8. The summed E-state index contributed by atoms with van der Waals surface area (Å²) < 4.78 is 26.6. The minimum absolute atomic E-state index is 0.0469. The van der Waals surface area contributed by atoms with Crippen molar-refractivity contribution in [3.63, 3.8) is 0 Å². The van der Waals surface area contributed by atoms with E-state index in [4.69, 9.17) is 11.6 Å². The van der Waals surface area contributed by atoms with Crippen LogP contribution in [0.2, 0.25) is 5.28 Å². The summed E-state index contributed by atoms with van der Waals surface area (Å²) in [6.07, 6.45) is 1.94. The predicted molar refractivity (Wildman–Crippen MR) is 76.8 cm³/mol. The molecule has 1 saturated carbocycles. The van der Waals surface area contributed by atoms with Crippen LogP contribution in [-0.2, 0) is 4.79 Å². The number of alkyl halides is 2. The Kier molecular flexibility index (Phi) is 4.76. The molecule has 7 heteroatoms. The Bertz CT molecular complexity index is 529. The standard InChI is InChI=1S/C14H18ClF2N3O/c1-3-11(21)20(10-4-6-14(16,17)7-5-10)12-9(2)8-18-13(15)19-12/h8,10H,3-7H2,1-2H3. The van der Waals surface area contributed by atoms with Crippen molar-refractivity contribution in [2.75, 3.05) is 4.90 Å². The third kappa shape index (κ3) is 3.67. The molecule has 1 fully saturated rings. The van der Waals surface area contributed by atoms with E-state index in [1.54, 1.807) is 13.8 Å². The Labute approximate surface area is 127 Å². The quantitative estimate of drug-likeness (QED) is 0.797. The molecule has 1 aromatic rings. The molecule has 0 aliphatic heterocycles. The molecule has 0 saturated heterocycles. The molecule has 0 radical (unpaired) electrons. The minimum Gasteiger partial charge on any atom is -0.293 e. The highest BCUT2D eigenvalue weighted by atomic mass is 35.5. The summed E-state index contributed by atoms with van der Waals surface area (Å²) in [5, 5.41) is 0.0469. The second-order valence-electron chi connectivity index (χ2n) is 5.35. The van der Waals surface area contributed by atoms with Crippen LogP contribution in [0.4, 0.5) is 14.6 Å². The molecule has 0 spiro atoms. The number of hydrogen-bond acceptors (Lipinski definition) is 3. The van der Waals surface area contributed by atoms with Crippen LogP contribution in [0.5, 0.6) is 0 Å². The van der Waals surface area contributed by atoms with E-state index in [0.717, 1.165) is 0 Å². The van der Waals surface area contributed by atoms with Crippen LogP contribution >= 0.6 is 11.6 Å². The van der Waals surface area contributed by atoms with Crippen molar-refractivity contribution in [3.8, 4) is 0 Å². The predicted octanol–water partition coefficient (Wildman–Crippen LogP) is 3.76. The van der Waals surface area contributed by atoms with Crippen LogP contribution in [-0.4, -0.2) is 27.8 Å². The van der Waals surface area contributed by atoms with E-state index in [-0.39, 0.29) is 49.3 Å². The summed E-state index contributed by atoms with van der Waals surface area (Å²) >= 11 is 5.81. The first-order valence-electron chi connectivity index (χ1n) is 7.03. The summed E-state index contributed by atoms with van der Waals surface area (Å²) in [7, 11) is 0. The largest absolute Gasteiger partial charge is 0.293 e. The second kappa shape index (κ2) is 6.22. The van der Waals surface area contributed by atoms with Crippen LogP contribution in [0.15, 0.2) is 6.20 Å². The lowest BCUT2D eigenvalue weighted by Crippen LogP contribution is -2.45. The third-order valence-electron chi connectivity index (χ3n) is 3.77. The molecule has 4 nitrogen and oxygen atoms in total. The normalized spacial score (nSPS) is 18.5. The SMILES string of the molecule is CCC(=O)N(c1nc(Cl)ncc1C)C1CCC(F)(F)CC1. The van der Waals surface area contributed by atoms with Crippen LogP contribution in [0.1, 0.15) is 44.6 Å². The van der Waals surface area contributed by atoms with Crippen molar-refractivity contribution in [1.29, 1.82) is 0 Å². The minimum atomic E-state index is -2.63. The highest BCUT2D eigenvalue weighted by molar-refractivity contribution is 6.28. The zero-order valence-corrected chi connectivity index (χ0v) is 12.8. The van der Waals surface area contributed by atoms with Gasteiger partial charge in [-0.2, -0.15) is 4.98 Å². The first kappa shape index (κ1) is 16.1. The number of amides is 1. The maximum Gasteiger partial charge on any atom is 0.248 e. The lowest BCUT2D eigenvalue weighted by molar-refractivity contribution is -0.119. The van der Waals surface area contributed by atoms with Gasteiger partial charge < -0.3 is 0 Å². The fourth-order valence-corrected chi connectivity index (χ4v) is 2.73. The Morgan fingerprint density at radius 2 is 2.10 bits per heavy atom. The number of halogens is 3. The number of carbonyl (C=O) groups is 1. The maximum atomic E-state index is 13.3. The number of aromatic nitrogens is 2. The zero-order valence-electron chi connectivity index (χ0n) is 12.1. The van der Waals surface area contributed by atoms with Crippen molar-refractivity contribution >= 4 is 23.3 Å². The van der Waals surface area contributed by atoms with Crippen LogP contribution in [0.25, 0.3) is 0 Å². The maximum absolute atomic E-state index is 13.3. The van der Waals surface area contributed by atoms with E-state index in [2.05, 4.69) is 9.97 Å². The Balaban J connectivity index is 2.31. The molecule has 1 heterocycles. The van der Waals surface area contributed by atoms with Crippen molar-refractivity contribution in [3.05, 3.63) is 17.0 Å². The van der Waals surface area contributed by atoms with Crippen molar-refractivity contribution in [2.45, 2.75) is 57.9 Å². The van der Waals surface area contributed by atoms with Gasteiger partial charge in [0.1, 0.15) is 5.82 Å². The van der Waals surface area contributed by atoms with Crippen LogP contribution < -0.4 is 4.90 Å². The summed E-state index contributed by atoms with van der Waals surface area (Å²) in [5.41, 5.74) is 0.707. The van der Waals surface area contributed by atoms with Gasteiger partial charge in [0.25, 0.3) is 0 Å². The number of rotatable bonds is 3. The van der Waals surface area contributed by atoms with E-state index >= 15 is 0 Å². The lowest BCUT2D eigenvalue weighted by atomic mass is 9.90. The first-order valence-corrected chi connectivity index (χ1v) is 7.41. The topological polar surface area (TPSA) is 46.1 Å². The van der Waals surface area contributed by atoms with Crippen LogP contribution in [0, 0.1) is 6.92 Å². The lowest BCUT2D eigenvalue weighted by Gasteiger charge is -2.36. The van der Waals surface area contributed by atoms with Gasteiger partial charge in [0.2, 0.25) is 17.1 Å². The molecular weight excluding hydrogens is 300 g/mol. The van der Waals surface area contributed by atoms with Crippen molar-refractivity contribution in [2.24, 2.45) is 0 Å². The third-order valence-corrected chi connectivity index (χ3v) is 3.95. The average molecular weight is 318 g/mol. The fourth-order valence-electron chi connectivity index (χ4n) is 2.60. The van der Waals surface area contributed by atoms with Crippen molar-refractivity contribution < 1.29 is 13.6 Å². The fraction of sp³-hybridized carbons (Fsp3) is 0.643. The molecule has 0 bridgehead atoms. The first-order chi connectivity index (χ1) is 9.84. The highest BCUT2D eigenvalue weighted by Gasteiger charge is 2.39. The zero-order chi connectivity index (χ0) is 15.6. The Hall–Kier alpha value is -1.30. The molecule has 116 valence electrons. The second-order valence-corrected chi connectivity index (χ2v) is 5.69. The van der Waals surface area contributed by atoms with Gasteiger partial charge in [-0.3, -0.25) is 9.69 Å². The Morgan fingerprint density at radius 3 is 2.67 bits per heavy atom. The van der Waals surface area contributed by atoms with Gasteiger partial charge in [0.05, 0.1) is 0 Å². The monoisotopic (exact) mass is 317 g/mol. The summed E-state index contributed by atoms with van der Waals surface area (Å²) in [6.45, 7) is 3.52. The van der Waals surface area contributed by atoms with Gasteiger partial charge in [0, 0.05) is 37.1 Å². The van der Waals surface area contributed by atoms with E-state index in [0.29, 0.717) is 11.4 Å². The number of nitrogens with zero attached hydrogens (tertiary/aromatic N) is 3. The molecule has 2 rings (SSSR count). The molecule has 21 heavy (non-hydrogen) atoms. The van der Waals surface area contributed by atoms with Gasteiger partial charge in [0.15, 0.2) is 0 Å². The number of hydrogen-bond donors (Lipinski definition) is 0. The molecule has 1 aliphatic rings. The molecule has 1 aliphatic carbocycles. The van der Waals surface area contributed by atoms with E-state index in [1.807, 2.05) is 0 Å². The highest BCUT2D eigenvalue weighted by Crippen LogP contribution is 2.37. The molecule has 1 amide bonds. The molecule has 0 unspecified atom stereocenters. The van der Waals surface area contributed by atoms with Crippen molar-refractivity contribution in [1.82, 2.24) is 9.97 Å². The molecule has 0 aromatic carbocycles. The van der Waals surface area contributed by atoms with Gasteiger partial charge >= 0.3 is 0 Å². The number of aryl methyl sites for hydroxylation is 1. The van der Waals surface area contributed by atoms with Crippen LogP contribution in [0.3, 0.4) is 0 Å². The van der Waals surface area contributed by atoms with Gasteiger partial charge in [-0.05, 0) is 31.4 Å². The van der Waals surface area contributed by atoms with E-state index in [1.165, 1.54) is 11.1 Å². The smallest absolute Gasteiger partial charge is 0.248 e. The summed E-state index contributed by atoms with van der Waals surface area (Å²) in [6, 6.07) is -0.262. The van der Waals surface area contributed by atoms with Gasteiger partial charge in [-0.1, -0.05) is 6.92 Å². The van der Waals surface area contributed by atoms with Gasteiger partial charge in [-0.25, -0.2) is 13.8 Å². The van der Waals surface area contributed by atoms with E-state index in [9.17, 15) is 13.6 Å². The molecule has 1 aromatic heterocycles. The summed E-state index contributed by atoms with van der Waals surface area (Å²) in [5.74, 6) is -2.34. The molecule has 0 N–H and O–H groups in total. The van der Waals surface area contributed by atoms with Gasteiger partial charge in [-0.15, -0.1) is 0 Å². The Morgan fingerprint density at radius 1 is 1.48 bits per heavy atom. The average Bonchev–Trinajstić information content (AvgIpc) is 2.44. The molecule has 0 atom stereocenters. The van der Waals surface area contributed by atoms with E-state index < -0.39 is 5.92 Å². The number of carbonyl (C=O) groups excluding carboxylic acids is 1. The molecular formula is C14H18ClF2N3O. The number of anilines is 1.